The summed E-state index contributed by atoms with van der Waals surface area (Å²) in [5.41, 5.74) is 5.81. The molecule has 0 radical (unpaired) electrons. The Bertz CT molecular complexity index is 321. The molecule has 2 N–H and O–H groups in total. The molecule has 5 heteroatoms. The summed E-state index contributed by atoms with van der Waals surface area (Å²) in [6.45, 7) is 2.85. The molecule has 1 aliphatic rings. The molecule has 0 aromatic carbocycles. The minimum Gasteiger partial charge on any atom is -0.378 e. The lowest BCUT2D eigenvalue weighted by molar-refractivity contribution is 0.0153. The van der Waals surface area contributed by atoms with Crippen LogP contribution in [0.1, 0.15) is 50.4 Å². The Morgan fingerprint density at radius 1 is 1.50 bits per heavy atom. The van der Waals surface area contributed by atoms with Crippen LogP contribution in [-0.2, 0) is 11.2 Å². The van der Waals surface area contributed by atoms with Gasteiger partial charge in [-0.3, -0.25) is 0 Å². The molecule has 0 spiro atoms. The van der Waals surface area contributed by atoms with Gasteiger partial charge in [0.2, 0.25) is 5.89 Å². The molecule has 16 heavy (non-hydrogen) atoms. The van der Waals surface area contributed by atoms with Crippen LogP contribution in [0.3, 0.4) is 0 Å². The average molecular weight is 225 g/mol. The molecule has 1 aliphatic heterocycles. The van der Waals surface area contributed by atoms with Gasteiger partial charge >= 0.3 is 0 Å². The van der Waals surface area contributed by atoms with Gasteiger partial charge in [0.1, 0.15) is 0 Å². The minimum atomic E-state index is -0.145. The Morgan fingerprint density at radius 2 is 2.38 bits per heavy atom. The number of nitrogens with two attached hydrogens (primary N) is 1. The zero-order valence-electron chi connectivity index (χ0n) is 9.69. The predicted molar refractivity (Wildman–Crippen MR) is 58.8 cm³/mol. The quantitative estimate of drug-likeness (QED) is 0.842. The third-order valence-corrected chi connectivity index (χ3v) is 2.93. The van der Waals surface area contributed by atoms with Gasteiger partial charge in [0.25, 0.3) is 0 Å². The molecule has 0 bridgehead atoms. The lowest BCUT2D eigenvalue weighted by Crippen LogP contribution is -2.22. The first kappa shape index (κ1) is 11.5. The molecule has 1 aromatic rings. The molecule has 90 valence electrons. The van der Waals surface area contributed by atoms with E-state index in [9.17, 15) is 0 Å². The number of ether oxygens (including phenoxy) is 1. The fraction of sp³-hybridized carbons (Fsp3) is 0.818. The molecule has 5 nitrogen and oxygen atoms in total. The minimum absolute atomic E-state index is 0.145. The van der Waals surface area contributed by atoms with E-state index in [4.69, 9.17) is 15.0 Å². The fourth-order valence-corrected chi connectivity index (χ4v) is 1.85. The van der Waals surface area contributed by atoms with Crippen molar-refractivity contribution in [2.75, 3.05) is 6.61 Å². The first-order valence-corrected chi connectivity index (χ1v) is 5.99. The molecule has 2 atom stereocenters. The van der Waals surface area contributed by atoms with Crippen molar-refractivity contribution in [3.63, 3.8) is 0 Å². The number of hydrogen-bond donors (Lipinski definition) is 1. The fourth-order valence-electron chi connectivity index (χ4n) is 1.85. The van der Waals surface area contributed by atoms with Gasteiger partial charge < -0.3 is 15.0 Å². The summed E-state index contributed by atoms with van der Waals surface area (Å²) >= 11 is 0. The number of aromatic nitrogens is 2. The van der Waals surface area contributed by atoms with Crippen LogP contribution in [0.2, 0.25) is 0 Å². The van der Waals surface area contributed by atoms with Crippen LogP contribution in [0.15, 0.2) is 4.52 Å². The molecule has 2 heterocycles. The van der Waals surface area contributed by atoms with Gasteiger partial charge in [-0.2, -0.15) is 4.98 Å². The SMILES string of the molecule is CC[C@H](N)c1nc(CC2CCCCO2)no1. The molecular formula is C11H19N3O2. The summed E-state index contributed by atoms with van der Waals surface area (Å²) in [5.74, 6) is 1.25. The smallest absolute Gasteiger partial charge is 0.243 e. The second-order valence-electron chi connectivity index (χ2n) is 4.26. The van der Waals surface area contributed by atoms with Crippen molar-refractivity contribution >= 4 is 0 Å². The van der Waals surface area contributed by atoms with E-state index in [1.54, 1.807) is 0 Å². The second kappa shape index (κ2) is 5.41. The number of hydrogen-bond acceptors (Lipinski definition) is 5. The van der Waals surface area contributed by atoms with Gasteiger partial charge in [-0.05, 0) is 25.7 Å². The van der Waals surface area contributed by atoms with Crippen LogP contribution >= 0.6 is 0 Å². The van der Waals surface area contributed by atoms with Crippen molar-refractivity contribution in [2.24, 2.45) is 5.73 Å². The van der Waals surface area contributed by atoms with Crippen molar-refractivity contribution in [1.82, 2.24) is 10.1 Å². The van der Waals surface area contributed by atoms with Crippen molar-refractivity contribution in [3.05, 3.63) is 11.7 Å². The topological polar surface area (TPSA) is 74.2 Å². The zero-order valence-corrected chi connectivity index (χ0v) is 9.69. The van der Waals surface area contributed by atoms with E-state index in [1.165, 1.54) is 6.42 Å². The van der Waals surface area contributed by atoms with Crippen LogP contribution in [0.4, 0.5) is 0 Å². The lowest BCUT2D eigenvalue weighted by Gasteiger charge is -2.20. The zero-order chi connectivity index (χ0) is 11.4. The first-order valence-electron chi connectivity index (χ1n) is 5.99. The van der Waals surface area contributed by atoms with Crippen LogP contribution in [0.5, 0.6) is 0 Å². The standard InChI is InChI=1S/C11H19N3O2/c1-2-9(12)11-13-10(14-16-11)7-8-5-3-4-6-15-8/h8-9H,2-7,12H2,1H3/t8?,9-/m0/s1. The molecule has 0 amide bonds. The third kappa shape index (κ3) is 2.80. The largest absolute Gasteiger partial charge is 0.378 e. The van der Waals surface area contributed by atoms with Crippen molar-refractivity contribution in [3.8, 4) is 0 Å². The maximum absolute atomic E-state index is 5.81. The van der Waals surface area contributed by atoms with Gasteiger partial charge in [0.15, 0.2) is 5.82 Å². The van der Waals surface area contributed by atoms with E-state index in [1.807, 2.05) is 6.92 Å². The highest BCUT2D eigenvalue weighted by molar-refractivity contribution is 4.93. The molecule has 0 saturated carbocycles. The van der Waals surface area contributed by atoms with E-state index in [0.29, 0.717) is 11.7 Å². The highest BCUT2D eigenvalue weighted by atomic mass is 16.5. The maximum Gasteiger partial charge on any atom is 0.243 e. The van der Waals surface area contributed by atoms with Crippen LogP contribution in [0.25, 0.3) is 0 Å². The maximum atomic E-state index is 5.81. The summed E-state index contributed by atoms with van der Waals surface area (Å²) in [4.78, 5) is 4.29. The van der Waals surface area contributed by atoms with Gasteiger partial charge in [0.05, 0.1) is 12.1 Å². The number of nitrogens with zero attached hydrogens (tertiary/aromatic N) is 2. The van der Waals surface area contributed by atoms with Crippen LogP contribution in [-0.4, -0.2) is 22.9 Å². The van der Waals surface area contributed by atoms with E-state index >= 15 is 0 Å². The molecule has 2 rings (SSSR count). The second-order valence-corrected chi connectivity index (χ2v) is 4.26. The number of rotatable bonds is 4. The summed E-state index contributed by atoms with van der Waals surface area (Å²) in [6.07, 6.45) is 5.26. The Morgan fingerprint density at radius 3 is 3.06 bits per heavy atom. The summed E-state index contributed by atoms with van der Waals surface area (Å²) in [6, 6.07) is -0.145. The average Bonchev–Trinajstić information content (AvgIpc) is 2.78. The molecule has 1 saturated heterocycles. The van der Waals surface area contributed by atoms with Crippen molar-refractivity contribution in [2.45, 2.75) is 51.2 Å². The summed E-state index contributed by atoms with van der Waals surface area (Å²) < 4.78 is 10.7. The van der Waals surface area contributed by atoms with Crippen molar-refractivity contribution < 1.29 is 9.26 Å². The van der Waals surface area contributed by atoms with Crippen LogP contribution < -0.4 is 5.73 Å². The molecule has 1 unspecified atom stereocenters. The normalized spacial score (nSPS) is 23.2. The van der Waals surface area contributed by atoms with E-state index in [0.717, 1.165) is 32.3 Å². The summed E-state index contributed by atoms with van der Waals surface area (Å²) in [7, 11) is 0. The van der Waals surface area contributed by atoms with E-state index < -0.39 is 0 Å². The Labute approximate surface area is 95.3 Å². The summed E-state index contributed by atoms with van der Waals surface area (Å²) in [5, 5.41) is 3.93. The predicted octanol–water partition coefficient (Wildman–Crippen LogP) is 1.59. The Kier molecular flexibility index (Phi) is 3.90. The van der Waals surface area contributed by atoms with Gasteiger partial charge in [-0.15, -0.1) is 0 Å². The van der Waals surface area contributed by atoms with E-state index in [2.05, 4.69) is 10.1 Å². The molecule has 1 aromatic heterocycles. The van der Waals surface area contributed by atoms with Crippen molar-refractivity contribution in [1.29, 1.82) is 0 Å². The first-order chi connectivity index (χ1) is 7.79. The highest BCUT2D eigenvalue weighted by Gasteiger charge is 2.19. The van der Waals surface area contributed by atoms with Gasteiger partial charge in [-0.1, -0.05) is 12.1 Å². The molecular weight excluding hydrogens is 206 g/mol. The monoisotopic (exact) mass is 225 g/mol. The van der Waals surface area contributed by atoms with Gasteiger partial charge in [-0.25, -0.2) is 0 Å². The lowest BCUT2D eigenvalue weighted by atomic mass is 10.1. The van der Waals surface area contributed by atoms with Crippen LogP contribution in [0, 0.1) is 0 Å². The Hall–Kier alpha value is -0.940. The third-order valence-electron chi connectivity index (χ3n) is 2.93. The van der Waals surface area contributed by atoms with E-state index in [-0.39, 0.29) is 12.1 Å². The molecule has 1 fully saturated rings. The Balaban J connectivity index is 1.91. The highest BCUT2D eigenvalue weighted by Crippen LogP contribution is 2.17. The molecule has 0 aliphatic carbocycles. The van der Waals surface area contributed by atoms with Gasteiger partial charge in [0, 0.05) is 13.0 Å².